The quantitative estimate of drug-likeness (QED) is 0.159. The molecule has 0 fully saturated rings. The van der Waals surface area contributed by atoms with Crippen LogP contribution in [0.4, 0.5) is 17.1 Å². The molecule has 8 aromatic carbocycles. The van der Waals surface area contributed by atoms with E-state index in [-0.39, 0.29) is 5.41 Å². The first-order valence-electron chi connectivity index (χ1n) is 18.8. The summed E-state index contributed by atoms with van der Waals surface area (Å²) in [5, 5.41) is 5.18. The third-order valence-electron chi connectivity index (χ3n) is 11.6. The molecule has 2 nitrogen and oxygen atoms in total. The number of anilines is 3. The van der Waals surface area contributed by atoms with Crippen molar-refractivity contribution >= 4 is 45.9 Å². The largest absolute Gasteiger partial charge is 0.455 e. The molecule has 0 N–H and O–H groups in total. The number of fused-ring (bicyclic) bond motifs is 5. The number of para-hydroxylation sites is 2. The van der Waals surface area contributed by atoms with Gasteiger partial charge in [0.1, 0.15) is 5.75 Å². The van der Waals surface area contributed by atoms with E-state index < -0.39 is 8.07 Å². The molecule has 0 atom stereocenters. The van der Waals surface area contributed by atoms with E-state index in [1.807, 2.05) is 0 Å². The van der Waals surface area contributed by atoms with Gasteiger partial charge in [0.2, 0.25) is 0 Å². The van der Waals surface area contributed by atoms with Crippen LogP contribution < -0.4 is 30.4 Å². The lowest BCUT2D eigenvalue weighted by atomic mass is 9.82. The molecule has 0 aromatic heterocycles. The van der Waals surface area contributed by atoms with Gasteiger partial charge in [-0.3, -0.25) is 0 Å². The van der Waals surface area contributed by atoms with Gasteiger partial charge in [-0.05, 0) is 90.5 Å². The number of nitrogens with zero attached hydrogens (tertiary/aromatic N) is 1. The Kier molecular flexibility index (Phi) is 7.53. The first kappa shape index (κ1) is 32.2. The molecule has 1 heterocycles. The van der Waals surface area contributed by atoms with Crippen LogP contribution in [-0.2, 0) is 5.41 Å². The van der Waals surface area contributed by atoms with Gasteiger partial charge >= 0.3 is 0 Å². The summed E-state index contributed by atoms with van der Waals surface area (Å²) in [5.74, 6) is 1.83. The van der Waals surface area contributed by atoms with Crippen molar-refractivity contribution in [1.29, 1.82) is 0 Å². The number of hydrogen-bond acceptors (Lipinski definition) is 2. The van der Waals surface area contributed by atoms with Gasteiger partial charge in [0.15, 0.2) is 13.8 Å². The summed E-state index contributed by atoms with van der Waals surface area (Å²) in [6.45, 7) is 4.70. The molecule has 54 heavy (non-hydrogen) atoms. The lowest BCUT2D eigenvalue weighted by Gasteiger charge is -2.41. The van der Waals surface area contributed by atoms with Gasteiger partial charge in [-0.2, -0.15) is 0 Å². The van der Waals surface area contributed by atoms with E-state index in [4.69, 9.17) is 4.74 Å². The molecule has 0 saturated carbocycles. The Hall–Kier alpha value is -6.42. The van der Waals surface area contributed by atoms with Crippen LogP contribution in [0.5, 0.6) is 11.5 Å². The minimum atomic E-state index is -2.84. The van der Waals surface area contributed by atoms with Crippen LogP contribution in [0.3, 0.4) is 0 Å². The highest BCUT2D eigenvalue weighted by molar-refractivity contribution is 7.20. The van der Waals surface area contributed by atoms with Gasteiger partial charge in [-0.1, -0.05) is 178 Å². The monoisotopic (exact) mass is 709 g/mol. The molecule has 3 heteroatoms. The minimum absolute atomic E-state index is 0.140. The van der Waals surface area contributed by atoms with Gasteiger partial charge in [0.05, 0.1) is 5.69 Å². The summed E-state index contributed by atoms with van der Waals surface area (Å²) in [4.78, 5) is 2.41. The summed E-state index contributed by atoms with van der Waals surface area (Å²) >= 11 is 0. The zero-order valence-corrected chi connectivity index (χ0v) is 31.4. The van der Waals surface area contributed by atoms with Crippen molar-refractivity contribution in [2.45, 2.75) is 19.3 Å². The first-order chi connectivity index (χ1) is 26.5. The van der Waals surface area contributed by atoms with Crippen LogP contribution in [0.2, 0.25) is 0 Å². The average Bonchev–Trinajstić information content (AvgIpc) is 3.47. The van der Waals surface area contributed by atoms with Crippen LogP contribution in [0.25, 0.3) is 22.3 Å². The van der Waals surface area contributed by atoms with E-state index in [1.165, 1.54) is 54.1 Å². The van der Waals surface area contributed by atoms with Gasteiger partial charge in [-0.15, -0.1) is 0 Å². The molecule has 258 valence electrons. The van der Waals surface area contributed by atoms with Gasteiger partial charge in [0, 0.05) is 16.8 Å². The summed E-state index contributed by atoms with van der Waals surface area (Å²) in [5.41, 5.74) is 10.8. The Balaban J connectivity index is 1.24. The van der Waals surface area contributed by atoms with E-state index >= 15 is 0 Å². The lowest BCUT2D eigenvalue weighted by molar-refractivity contribution is 0.488. The molecular formula is C51H39NOSi. The van der Waals surface area contributed by atoms with E-state index in [2.05, 4.69) is 219 Å². The number of ether oxygens (including phenoxy) is 1. The smallest absolute Gasteiger partial charge is 0.188 e. The van der Waals surface area contributed by atoms with E-state index in [1.54, 1.807) is 0 Å². The molecule has 0 radical (unpaired) electrons. The number of benzene rings is 8. The molecule has 1 aliphatic carbocycles. The Morgan fingerprint density at radius 2 is 1.00 bits per heavy atom. The minimum Gasteiger partial charge on any atom is -0.455 e. The summed E-state index contributed by atoms with van der Waals surface area (Å²) in [7, 11) is -2.84. The topological polar surface area (TPSA) is 12.5 Å². The van der Waals surface area contributed by atoms with E-state index in [9.17, 15) is 0 Å². The maximum Gasteiger partial charge on any atom is 0.188 e. The average molecular weight is 710 g/mol. The van der Waals surface area contributed by atoms with Crippen molar-refractivity contribution in [3.8, 4) is 33.8 Å². The second-order valence-electron chi connectivity index (χ2n) is 14.9. The van der Waals surface area contributed by atoms with Crippen molar-refractivity contribution < 1.29 is 4.74 Å². The Morgan fingerprint density at radius 3 is 1.72 bits per heavy atom. The van der Waals surface area contributed by atoms with Crippen molar-refractivity contribution in [3.63, 3.8) is 0 Å². The van der Waals surface area contributed by atoms with Crippen molar-refractivity contribution in [3.05, 3.63) is 211 Å². The SMILES string of the molecule is CC1(C)c2ccccc2-c2ccc(N(c3ccc(-c4ccccc4)cc3)c3cccc4c3Oc3ccccc3[Si]4(c3ccccc3)c3ccccc3)cc21. The van der Waals surface area contributed by atoms with Crippen LogP contribution >= 0.6 is 0 Å². The molecule has 8 aromatic rings. The maximum absolute atomic E-state index is 7.20. The highest BCUT2D eigenvalue weighted by atomic mass is 28.3. The molecule has 0 saturated heterocycles. The van der Waals surface area contributed by atoms with Gasteiger partial charge < -0.3 is 9.64 Å². The first-order valence-corrected chi connectivity index (χ1v) is 20.8. The zero-order valence-electron chi connectivity index (χ0n) is 30.4. The maximum atomic E-state index is 7.20. The van der Waals surface area contributed by atoms with Crippen LogP contribution in [-0.4, -0.2) is 8.07 Å². The third-order valence-corrected chi connectivity index (χ3v) is 16.4. The van der Waals surface area contributed by atoms with Crippen LogP contribution in [0.15, 0.2) is 200 Å². The predicted molar refractivity (Wildman–Crippen MR) is 228 cm³/mol. The molecule has 0 unspecified atom stereocenters. The molecule has 1 aliphatic heterocycles. The van der Waals surface area contributed by atoms with E-state index in [0.29, 0.717) is 0 Å². The molecule has 0 spiro atoms. The second-order valence-corrected chi connectivity index (χ2v) is 18.6. The second kappa shape index (κ2) is 12.6. The highest BCUT2D eigenvalue weighted by Crippen LogP contribution is 2.51. The van der Waals surface area contributed by atoms with Crippen molar-refractivity contribution in [1.82, 2.24) is 0 Å². The summed E-state index contributed by atoms with van der Waals surface area (Å²) in [6, 6.07) is 73.2. The molecule has 10 rings (SSSR count). The molecular weight excluding hydrogens is 671 g/mol. The number of hydrogen-bond donors (Lipinski definition) is 0. The standard InChI is InChI=1S/C51H39NOSi/c1-51(2)44-24-13-12-23-42(44)43-34-33-39(35-45(43)51)52(38-31-29-37(30-32-38)36-17-6-3-7-18-36)46-25-16-28-49-50(46)53-47-26-14-15-27-48(47)54(49,40-19-8-4-9-20-40)41-21-10-5-11-22-41/h3-35H,1-2H3. The molecule has 0 amide bonds. The normalized spacial score (nSPS) is 14.2. The number of rotatable bonds is 6. The fraction of sp³-hybridized carbons (Fsp3) is 0.0588. The van der Waals surface area contributed by atoms with Crippen molar-refractivity contribution in [2.75, 3.05) is 4.90 Å². The van der Waals surface area contributed by atoms with Crippen LogP contribution in [0, 0.1) is 0 Å². The van der Waals surface area contributed by atoms with Gasteiger partial charge in [-0.25, -0.2) is 0 Å². The third kappa shape index (κ3) is 4.86. The summed E-state index contributed by atoms with van der Waals surface area (Å²) < 4.78 is 7.20. The molecule has 2 aliphatic rings. The molecule has 0 bridgehead atoms. The van der Waals surface area contributed by atoms with Crippen molar-refractivity contribution in [2.24, 2.45) is 0 Å². The fourth-order valence-electron chi connectivity index (χ4n) is 9.08. The predicted octanol–water partition coefficient (Wildman–Crippen LogP) is 10.6. The van der Waals surface area contributed by atoms with Crippen LogP contribution in [0.1, 0.15) is 25.0 Å². The fourth-order valence-corrected chi connectivity index (χ4v) is 14.0. The lowest BCUT2D eigenvalue weighted by Crippen LogP contribution is -2.76. The Bertz CT molecular complexity index is 2610. The Morgan fingerprint density at radius 1 is 0.444 bits per heavy atom. The summed E-state index contributed by atoms with van der Waals surface area (Å²) in [6.07, 6.45) is 0. The van der Waals surface area contributed by atoms with E-state index in [0.717, 1.165) is 28.6 Å². The Labute approximate surface area is 318 Å². The van der Waals surface area contributed by atoms with Gasteiger partial charge in [0.25, 0.3) is 0 Å². The highest BCUT2D eigenvalue weighted by Gasteiger charge is 2.49. The zero-order chi connectivity index (χ0) is 36.3.